The lowest BCUT2D eigenvalue weighted by Crippen LogP contribution is -2.61. The van der Waals surface area contributed by atoms with E-state index in [2.05, 4.69) is 31.9 Å². The average molecular weight is 822 g/mol. The third-order valence-electron chi connectivity index (χ3n) is 8.81. The Morgan fingerprint density at radius 1 is 0.741 bits per heavy atom. The second-order valence-electron chi connectivity index (χ2n) is 13.7. The minimum Gasteiger partial charge on any atom is -0.481 e. The zero-order chi connectivity index (χ0) is 43.9. The van der Waals surface area contributed by atoms with Crippen molar-refractivity contribution in [1.29, 1.82) is 0 Å². The zero-order valence-electron chi connectivity index (χ0n) is 32.0. The predicted molar refractivity (Wildman–Crippen MR) is 198 cm³/mol. The summed E-state index contributed by atoms with van der Waals surface area (Å²) in [6.45, 7) is 2.65. The maximum absolute atomic E-state index is 13.7. The van der Waals surface area contributed by atoms with Gasteiger partial charge in [-0.15, -0.1) is 0 Å². The summed E-state index contributed by atoms with van der Waals surface area (Å²) in [6.07, 6.45) is -4.34. The molecule has 2 rings (SSSR count). The van der Waals surface area contributed by atoms with Crippen LogP contribution in [0, 0.1) is 0 Å². The number of nitrogens with two attached hydrogens (primary N) is 2. The molecule has 0 aliphatic carbocycles. The van der Waals surface area contributed by atoms with Crippen molar-refractivity contribution in [2.45, 2.75) is 107 Å². The van der Waals surface area contributed by atoms with Gasteiger partial charge in [-0.3, -0.25) is 43.2 Å². The minimum atomic E-state index is -1.76. The Labute approximate surface area is 332 Å². The monoisotopic (exact) mass is 821 g/mol. The predicted octanol–water partition coefficient (Wildman–Crippen LogP) is -5.70. The standard InChI is InChI=1S/C35H51N9O14/c1-16(39-30(52)20(36)13-24(37)47)29(51)43-27(17(2)45)32(54)38-15-25(48)42-28(18(3)46)33(55)40-21(12-19-8-5-4-6-9-19)31(53)41-22(14-26(49)50)34(56)44-11-7-10-23(44)35(57)58/h4-6,8-9,16-18,20-23,27-28,45-46H,7,10-15,36H2,1-3H3,(H2,37,47)(H,38,54)(H,39,52)(H,40,55)(H,41,53)(H,42,48)(H,43,51)(H,49,50)(H,57,58)/t16-,17+,18+,20-,21-,22-,23-,27-,28-/m0/s1. The number of carboxylic acid groups (broad SMARTS) is 2. The zero-order valence-corrected chi connectivity index (χ0v) is 32.0. The number of hydrogen-bond donors (Lipinski definition) is 12. The lowest BCUT2D eigenvalue weighted by atomic mass is 10.0. The highest BCUT2D eigenvalue weighted by Gasteiger charge is 2.40. The molecule has 1 saturated heterocycles. The fourth-order valence-electron chi connectivity index (χ4n) is 5.74. The minimum absolute atomic E-state index is 0.00570. The fourth-order valence-corrected chi connectivity index (χ4v) is 5.74. The average Bonchev–Trinajstić information content (AvgIpc) is 3.64. The van der Waals surface area contributed by atoms with Gasteiger partial charge in [-0.05, 0) is 39.2 Å². The second-order valence-corrected chi connectivity index (χ2v) is 13.7. The number of aliphatic carboxylic acids is 2. The van der Waals surface area contributed by atoms with Crippen LogP contribution in [0.3, 0.4) is 0 Å². The van der Waals surface area contributed by atoms with Crippen molar-refractivity contribution >= 4 is 59.2 Å². The molecule has 9 atom stereocenters. The van der Waals surface area contributed by atoms with Crippen molar-refractivity contribution in [3.63, 3.8) is 0 Å². The molecular weight excluding hydrogens is 770 g/mol. The van der Waals surface area contributed by atoms with Gasteiger partial charge in [0.25, 0.3) is 0 Å². The smallest absolute Gasteiger partial charge is 0.326 e. The van der Waals surface area contributed by atoms with E-state index in [4.69, 9.17) is 11.5 Å². The Morgan fingerprint density at radius 3 is 1.88 bits per heavy atom. The van der Waals surface area contributed by atoms with E-state index in [-0.39, 0.29) is 19.4 Å². The number of carbonyl (C=O) groups excluding carboxylic acids is 8. The van der Waals surface area contributed by atoms with Crippen LogP contribution in [0.5, 0.6) is 0 Å². The van der Waals surface area contributed by atoms with Crippen LogP contribution in [0.15, 0.2) is 30.3 Å². The summed E-state index contributed by atoms with van der Waals surface area (Å²) in [7, 11) is 0. The molecule has 1 aromatic carbocycles. The van der Waals surface area contributed by atoms with Crippen molar-refractivity contribution in [2.24, 2.45) is 11.5 Å². The highest BCUT2D eigenvalue weighted by atomic mass is 16.4. The van der Waals surface area contributed by atoms with Gasteiger partial charge in [0.15, 0.2) is 0 Å². The number of aliphatic hydroxyl groups excluding tert-OH is 2. The number of primary amides is 1. The van der Waals surface area contributed by atoms with Gasteiger partial charge in [-0.2, -0.15) is 0 Å². The van der Waals surface area contributed by atoms with E-state index in [0.29, 0.717) is 12.0 Å². The molecule has 1 fully saturated rings. The Kier molecular flexibility index (Phi) is 18.6. The summed E-state index contributed by atoms with van der Waals surface area (Å²) in [5.41, 5.74) is 11.1. The first-order chi connectivity index (χ1) is 27.1. The van der Waals surface area contributed by atoms with Gasteiger partial charge in [-0.25, -0.2) is 4.79 Å². The van der Waals surface area contributed by atoms with E-state index in [1.807, 2.05) is 0 Å². The maximum atomic E-state index is 13.7. The summed E-state index contributed by atoms with van der Waals surface area (Å²) in [4.78, 5) is 127. The number of carboxylic acids is 2. The highest BCUT2D eigenvalue weighted by Crippen LogP contribution is 2.19. The van der Waals surface area contributed by atoms with E-state index in [9.17, 15) is 68.4 Å². The van der Waals surface area contributed by atoms with Crippen molar-refractivity contribution in [1.82, 2.24) is 36.8 Å². The van der Waals surface area contributed by atoms with Crippen LogP contribution < -0.4 is 43.4 Å². The molecule has 1 aromatic rings. The van der Waals surface area contributed by atoms with Gasteiger partial charge in [0.1, 0.15) is 36.3 Å². The summed E-state index contributed by atoms with van der Waals surface area (Å²) in [6, 6.07) is -2.43. The first-order valence-electron chi connectivity index (χ1n) is 18.1. The van der Waals surface area contributed by atoms with Gasteiger partial charge in [-0.1, -0.05) is 30.3 Å². The molecule has 0 bridgehead atoms. The molecular formula is C35H51N9O14. The molecule has 1 aliphatic rings. The third-order valence-corrected chi connectivity index (χ3v) is 8.81. The molecule has 14 N–H and O–H groups in total. The van der Waals surface area contributed by atoms with Gasteiger partial charge < -0.3 is 68.7 Å². The van der Waals surface area contributed by atoms with Crippen molar-refractivity contribution < 1.29 is 68.4 Å². The first-order valence-corrected chi connectivity index (χ1v) is 18.1. The molecule has 0 unspecified atom stereocenters. The van der Waals surface area contributed by atoms with E-state index in [1.54, 1.807) is 30.3 Å². The molecule has 23 heteroatoms. The van der Waals surface area contributed by atoms with Crippen LogP contribution in [0.4, 0.5) is 0 Å². The van der Waals surface area contributed by atoms with Gasteiger partial charge in [0, 0.05) is 13.0 Å². The maximum Gasteiger partial charge on any atom is 0.326 e. The molecule has 0 saturated carbocycles. The SMILES string of the molecule is C[C@H](NC(=O)[C@@H](N)CC(N)=O)C(=O)N[C@H](C(=O)NCC(=O)N[C@H](C(=O)N[C@@H](Cc1ccccc1)C(=O)N[C@@H](CC(=O)O)C(=O)N1CCC[C@H]1C(=O)O)[C@@H](C)O)[C@@H](C)O. The van der Waals surface area contributed by atoms with Crippen LogP contribution in [0.2, 0.25) is 0 Å². The molecule has 1 heterocycles. The topological polar surface area (TPSA) is 379 Å². The van der Waals surface area contributed by atoms with Crippen LogP contribution in [0.1, 0.15) is 52.0 Å². The fraction of sp³-hybridized carbons (Fsp3) is 0.543. The Bertz CT molecular complexity index is 1690. The number of nitrogens with zero attached hydrogens (tertiary/aromatic N) is 1. The van der Waals surface area contributed by atoms with E-state index >= 15 is 0 Å². The number of likely N-dealkylation sites (tertiary alicyclic amines) is 1. The van der Waals surface area contributed by atoms with Crippen LogP contribution in [-0.2, 0) is 54.4 Å². The molecule has 8 amide bonds. The largest absolute Gasteiger partial charge is 0.481 e. The van der Waals surface area contributed by atoms with E-state index < -0.39 is 133 Å². The third kappa shape index (κ3) is 15.0. The van der Waals surface area contributed by atoms with Crippen LogP contribution in [0.25, 0.3) is 0 Å². The summed E-state index contributed by atoms with van der Waals surface area (Å²) >= 11 is 0. The van der Waals surface area contributed by atoms with E-state index in [0.717, 1.165) is 18.7 Å². The molecule has 0 spiro atoms. The summed E-state index contributed by atoms with van der Waals surface area (Å²) in [5, 5.41) is 53.1. The summed E-state index contributed by atoms with van der Waals surface area (Å²) < 4.78 is 0. The second kappa shape index (κ2) is 22.5. The van der Waals surface area contributed by atoms with Gasteiger partial charge in [0.05, 0.1) is 37.6 Å². The molecule has 0 aromatic heterocycles. The molecule has 23 nitrogen and oxygen atoms in total. The first kappa shape index (κ1) is 48.0. The van der Waals surface area contributed by atoms with Crippen molar-refractivity contribution in [3.05, 3.63) is 35.9 Å². The summed E-state index contributed by atoms with van der Waals surface area (Å²) in [5.74, 6) is -10.7. The molecule has 0 radical (unpaired) electrons. The quantitative estimate of drug-likeness (QED) is 0.0519. The van der Waals surface area contributed by atoms with Crippen LogP contribution >= 0.6 is 0 Å². The number of benzene rings is 1. The normalized spacial score (nSPS) is 17.7. The van der Waals surface area contributed by atoms with Crippen LogP contribution in [-0.4, -0.2) is 152 Å². The molecule has 320 valence electrons. The van der Waals surface area contributed by atoms with Gasteiger partial charge in [0.2, 0.25) is 47.3 Å². The number of amides is 8. The number of hydrogen-bond acceptors (Lipinski definition) is 13. The number of carbonyl (C=O) groups is 10. The lowest BCUT2D eigenvalue weighted by Gasteiger charge is -2.29. The van der Waals surface area contributed by atoms with Crippen molar-refractivity contribution in [3.8, 4) is 0 Å². The lowest BCUT2D eigenvalue weighted by molar-refractivity contribution is -0.150. The Morgan fingerprint density at radius 2 is 1.33 bits per heavy atom. The number of aliphatic hydroxyl groups is 2. The number of nitrogens with one attached hydrogen (secondary N) is 6. The van der Waals surface area contributed by atoms with E-state index in [1.165, 1.54) is 6.92 Å². The highest BCUT2D eigenvalue weighted by molar-refractivity contribution is 5.98. The Balaban J connectivity index is 2.16. The molecule has 58 heavy (non-hydrogen) atoms. The van der Waals surface area contributed by atoms with Crippen molar-refractivity contribution in [2.75, 3.05) is 13.1 Å². The van der Waals surface area contributed by atoms with Gasteiger partial charge >= 0.3 is 11.9 Å². The number of rotatable bonds is 22. The Hall–Kier alpha value is -6.20. The molecule has 1 aliphatic heterocycles.